The fourth-order valence-corrected chi connectivity index (χ4v) is 4.85. The number of halogens is 2. The number of carbonyl (C=O) groups is 2. The van der Waals surface area contributed by atoms with Crippen molar-refractivity contribution < 1.29 is 28.5 Å². The molecule has 0 saturated heterocycles. The Labute approximate surface area is 242 Å². The minimum absolute atomic E-state index is 0.332. The van der Waals surface area contributed by atoms with Crippen molar-refractivity contribution in [3.05, 3.63) is 90.9 Å². The lowest BCUT2D eigenvalue weighted by atomic mass is 10.0. The number of allylic oxidation sites excluding steroid dienone is 2. The number of ether oxygens (including phenoxy) is 4. The Balaban J connectivity index is 0.000000268. The van der Waals surface area contributed by atoms with E-state index in [0.29, 0.717) is 36.5 Å². The molecule has 1 aliphatic heterocycles. The fraction of sp³-hybridized carbons (Fsp3) is 0.333. The van der Waals surface area contributed by atoms with E-state index in [1.165, 1.54) is 25.4 Å². The zero-order valence-electron chi connectivity index (χ0n) is 22.8. The van der Waals surface area contributed by atoms with Crippen LogP contribution in [0, 0.1) is 0 Å². The molecule has 0 atom stereocenters. The van der Waals surface area contributed by atoms with Crippen molar-refractivity contribution in [3.63, 3.8) is 0 Å². The van der Waals surface area contributed by atoms with Gasteiger partial charge in [0.2, 0.25) is 0 Å². The van der Waals surface area contributed by atoms with Crippen molar-refractivity contribution in [2.45, 2.75) is 40.5 Å². The molecule has 2 aromatic rings. The lowest BCUT2D eigenvalue weighted by molar-refractivity contribution is 0.0591. The molecule has 0 saturated carbocycles. The molecule has 0 fully saturated rings. The summed E-state index contributed by atoms with van der Waals surface area (Å²) in [6.07, 6.45) is 1.43. The number of benzene rings is 2. The van der Waals surface area contributed by atoms with Crippen LogP contribution in [0.25, 0.3) is 0 Å². The zero-order valence-corrected chi connectivity index (χ0v) is 25.9. The molecule has 1 heterocycles. The summed E-state index contributed by atoms with van der Waals surface area (Å²) < 4.78 is 22.5. The predicted octanol–water partition coefficient (Wildman–Crippen LogP) is 7.82. The molecule has 0 amide bonds. The first-order chi connectivity index (χ1) is 17.9. The van der Waals surface area contributed by atoms with E-state index in [-0.39, 0.29) is 11.9 Å². The third-order valence-corrected chi connectivity index (χ3v) is 6.83. The van der Waals surface area contributed by atoms with Crippen LogP contribution < -0.4 is 9.47 Å². The van der Waals surface area contributed by atoms with Gasteiger partial charge in [-0.2, -0.15) is 0 Å². The first kappa shape index (κ1) is 31.4. The summed E-state index contributed by atoms with van der Waals surface area (Å²) in [5, 5.41) is 0. The Morgan fingerprint density at radius 3 is 2.03 bits per heavy atom. The predicted molar refractivity (Wildman–Crippen MR) is 157 cm³/mol. The summed E-state index contributed by atoms with van der Waals surface area (Å²) in [4.78, 5) is 23.2. The SMILES string of the molecule is C=C(C)COc1c(Br)cc(C(=O)OC)cc1CC(=C)C.COC(=O)c1cc(Br)c2c(c1)CC(C)=C(C)CO2. The van der Waals surface area contributed by atoms with Gasteiger partial charge in [0, 0.05) is 11.1 Å². The summed E-state index contributed by atoms with van der Waals surface area (Å²) >= 11 is 6.90. The Bertz CT molecular complexity index is 1280. The topological polar surface area (TPSA) is 71.1 Å². The maximum absolute atomic E-state index is 11.7. The fourth-order valence-electron chi connectivity index (χ4n) is 3.62. The van der Waals surface area contributed by atoms with Gasteiger partial charge in [-0.25, -0.2) is 9.59 Å². The Hall–Kier alpha value is -2.84. The van der Waals surface area contributed by atoms with Crippen LogP contribution in [0.2, 0.25) is 0 Å². The van der Waals surface area contributed by atoms with Crippen molar-refractivity contribution >= 4 is 43.8 Å². The number of hydrogen-bond acceptors (Lipinski definition) is 6. The van der Waals surface area contributed by atoms with Crippen molar-refractivity contribution in [1.82, 2.24) is 0 Å². The van der Waals surface area contributed by atoms with Crippen LogP contribution in [-0.2, 0) is 22.3 Å². The Kier molecular flexibility index (Phi) is 11.9. The van der Waals surface area contributed by atoms with Gasteiger partial charge < -0.3 is 18.9 Å². The van der Waals surface area contributed by atoms with Crippen LogP contribution in [0.15, 0.2) is 68.7 Å². The molecule has 8 heteroatoms. The molecule has 3 rings (SSSR count). The molecule has 0 aromatic heterocycles. The van der Waals surface area contributed by atoms with E-state index in [1.54, 1.807) is 18.2 Å². The van der Waals surface area contributed by atoms with E-state index in [9.17, 15) is 9.59 Å². The molecule has 204 valence electrons. The molecular weight excluding hydrogens is 616 g/mol. The van der Waals surface area contributed by atoms with E-state index in [2.05, 4.69) is 58.9 Å². The minimum atomic E-state index is -0.375. The van der Waals surface area contributed by atoms with Gasteiger partial charge >= 0.3 is 11.9 Å². The first-order valence-corrected chi connectivity index (χ1v) is 13.5. The van der Waals surface area contributed by atoms with Gasteiger partial charge in [-0.1, -0.05) is 24.3 Å². The second-order valence-electron chi connectivity index (χ2n) is 9.28. The highest BCUT2D eigenvalue weighted by Gasteiger charge is 2.19. The summed E-state index contributed by atoms with van der Waals surface area (Å²) in [7, 11) is 2.74. The van der Waals surface area contributed by atoms with E-state index >= 15 is 0 Å². The maximum Gasteiger partial charge on any atom is 0.337 e. The Morgan fingerprint density at radius 2 is 1.47 bits per heavy atom. The van der Waals surface area contributed by atoms with Crippen molar-refractivity contribution in [3.8, 4) is 11.5 Å². The first-order valence-electron chi connectivity index (χ1n) is 11.9. The molecule has 0 bridgehead atoms. The maximum atomic E-state index is 11.7. The van der Waals surface area contributed by atoms with E-state index in [0.717, 1.165) is 43.4 Å². The van der Waals surface area contributed by atoms with Crippen LogP contribution in [-0.4, -0.2) is 39.4 Å². The minimum Gasteiger partial charge on any atom is -0.488 e. The molecule has 0 spiro atoms. The lowest BCUT2D eigenvalue weighted by Crippen LogP contribution is -2.06. The molecule has 6 nitrogen and oxygen atoms in total. The van der Waals surface area contributed by atoms with Gasteiger partial charge in [0.1, 0.15) is 24.7 Å². The molecule has 0 N–H and O–H groups in total. The summed E-state index contributed by atoms with van der Waals surface area (Å²) in [6, 6.07) is 7.05. The second-order valence-corrected chi connectivity index (χ2v) is 11.0. The summed E-state index contributed by atoms with van der Waals surface area (Å²) in [5.74, 6) is 0.823. The van der Waals surface area contributed by atoms with E-state index < -0.39 is 0 Å². The number of methoxy groups -OCH3 is 2. The largest absolute Gasteiger partial charge is 0.488 e. The van der Waals surface area contributed by atoms with Crippen LogP contribution in [0.3, 0.4) is 0 Å². The van der Waals surface area contributed by atoms with Crippen molar-refractivity contribution in [2.75, 3.05) is 27.4 Å². The molecule has 0 unspecified atom stereocenters. The average Bonchev–Trinajstić information content (AvgIpc) is 3.00. The van der Waals surface area contributed by atoms with Crippen LogP contribution in [0.1, 0.15) is 59.5 Å². The highest BCUT2D eigenvalue weighted by molar-refractivity contribution is 9.11. The molecule has 2 aromatic carbocycles. The average molecular weight is 650 g/mol. The van der Waals surface area contributed by atoms with Crippen LogP contribution >= 0.6 is 31.9 Å². The second kappa shape index (κ2) is 14.4. The van der Waals surface area contributed by atoms with Crippen molar-refractivity contribution in [1.29, 1.82) is 0 Å². The quantitative estimate of drug-likeness (QED) is 0.225. The van der Waals surface area contributed by atoms with Gasteiger partial charge in [0.15, 0.2) is 0 Å². The van der Waals surface area contributed by atoms with Gasteiger partial charge in [0.05, 0.1) is 34.3 Å². The van der Waals surface area contributed by atoms with Gasteiger partial charge in [-0.05, 0) is 108 Å². The molecule has 1 aliphatic rings. The smallest absolute Gasteiger partial charge is 0.337 e. The molecule has 0 aliphatic carbocycles. The molecule has 0 radical (unpaired) electrons. The Morgan fingerprint density at radius 1 is 0.895 bits per heavy atom. The number of fused-ring (bicyclic) bond motifs is 1. The van der Waals surface area contributed by atoms with Crippen molar-refractivity contribution in [2.24, 2.45) is 0 Å². The third kappa shape index (κ3) is 8.60. The lowest BCUT2D eigenvalue weighted by Gasteiger charge is -2.15. The van der Waals surface area contributed by atoms with Crippen LogP contribution in [0.4, 0.5) is 0 Å². The number of hydrogen-bond donors (Lipinski definition) is 0. The number of esters is 2. The van der Waals surface area contributed by atoms with Gasteiger partial charge in [-0.3, -0.25) is 0 Å². The zero-order chi connectivity index (χ0) is 28.6. The monoisotopic (exact) mass is 648 g/mol. The number of carbonyl (C=O) groups excluding carboxylic acids is 2. The molecule has 38 heavy (non-hydrogen) atoms. The molecular formula is C30H34Br2O6. The third-order valence-electron chi connectivity index (χ3n) is 5.66. The highest BCUT2D eigenvalue weighted by atomic mass is 79.9. The normalized spacial score (nSPS) is 12.2. The van der Waals surface area contributed by atoms with E-state index in [1.807, 2.05) is 19.9 Å². The standard InChI is InChI=1S/C16H19BrO3.C14H15BrO3/c1-10(2)6-12-7-13(16(18)19-5)8-14(17)15(12)20-9-11(3)4;1-8-4-10-5-11(14(16)17-3)6-12(15)13(10)18-7-9(8)2/h7-8H,1,3,6,9H2,2,4-5H3;5-6H,4,7H2,1-3H3. The van der Waals surface area contributed by atoms with Gasteiger partial charge in [-0.15, -0.1) is 0 Å². The van der Waals surface area contributed by atoms with E-state index in [4.69, 9.17) is 18.9 Å². The summed E-state index contributed by atoms with van der Waals surface area (Å²) in [6.45, 7) is 16.7. The number of rotatable bonds is 7. The highest BCUT2D eigenvalue weighted by Crippen LogP contribution is 2.35. The van der Waals surface area contributed by atoms with Crippen LogP contribution in [0.5, 0.6) is 11.5 Å². The summed E-state index contributed by atoms with van der Waals surface area (Å²) in [5.41, 5.74) is 7.36. The van der Waals surface area contributed by atoms with Gasteiger partial charge in [0.25, 0.3) is 0 Å².